The average molecular weight is 696 g/mol. The number of nitro benzene ring substituents is 2. The first-order valence-corrected chi connectivity index (χ1v) is 16.3. The molecular weight excluding hydrogens is 675 g/mol. The first-order valence-electron chi connectivity index (χ1n) is 14.3. The van der Waals surface area contributed by atoms with Gasteiger partial charge in [0, 0.05) is 41.2 Å². The van der Waals surface area contributed by atoms with Crippen LogP contribution in [0.3, 0.4) is 0 Å². The van der Waals surface area contributed by atoms with E-state index in [0.717, 1.165) is 0 Å². The molecule has 0 aliphatic carbocycles. The van der Waals surface area contributed by atoms with Gasteiger partial charge in [-0.15, -0.1) is 0 Å². The van der Waals surface area contributed by atoms with Crippen LogP contribution >= 0.6 is 23.5 Å². The second kappa shape index (κ2) is 13.1. The van der Waals surface area contributed by atoms with Gasteiger partial charge in [0.15, 0.2) is 15.9 Å². The highest BCUT2D eigenvalue weighted by atomic mass is 32.2. The summed E-state index contributed by atoms with van der Waals surface area (Å²) >= 11 is 2.34. The summed E-state index contributed by atoms with van der Waals surface area (Å²) in [6.45, 7) is 0. The molecule has 0 saturated heterocycles. The van der Waals surface area contributed by atoms with Gasteiger partial charge in [-0.25, -0.2) is 15.0 Å². The molecule has 18 heteroatoms. The number of carbonyl (C=O) groups excluding carboxylic acids is 2. The number of nitro groups is 2. The number of benzene rings is 4. The Balaban J connectivity index is 0.927. The van der Waals surface area contributed by atoms with Crippen LogP contribution in [0.5, 0.6) is 0 Å². The summed E-state index contributed by atoms with van der Waals surface area (Å²) < 4.78 is 5.90. The summed E-state index contributed by atoms with van der Waals surface area (Å²) in [7, 11) is 0. The van der Waals surface area contributed by atoms with E-state index in [1.807, 2.05) is 0 Å². The number of hydrogen-bond donors (Lipinski definition) is 4. The summed E-state index contributed by atoms with van der Waals surface area (Å²) in [6, 6.07) is 20.7. The zero-order valence-corrected chi connectivity index (χ0v) is 26.5. The van der Waals surface area contributed by atoms with E-state index in [2.05, 4.69) is 35.6 Å². The molecular formula is C31H21N9O7S2. The quantitative estimate of drug-likeness (QED) is 0.0644. The number of carbonyl (C=O) groups is 2. The maximum atomic E-state index is 12.6. The largest absolute Gasteiger partial charge is 0.436 e. The molecule has 0 aliphatic heterocycles. The highest BCUT2D eigenvalue weighted by Crippen LogP contribution is 2.29. The van der Waals surface area contributed by atoms with Crippen molar-refractivity contribution < 1.29 is 23.9 Å². The van der Waals surface area contributed by atoms with Gasteiger partial charge >= 0.3 is 0 Å². The number of nitrogens with zero attached hydrogens (tertiary/aromatic N) is 5. The minimum absolute atomic E-state index is 0.0486. The Morgan fingerprint density at radius 3 is 1.76 bits per heavy atom. The lowest BCUT2D eigenvalue weighted by atomic mass is 10.2. The molecule has 3 aromatic heterocycles. The molecule has 244 valence electrons. The predicted octanol–water partition coefficient (Wildman–Crippen LogP) is 6.53. The van der Waals surface area contributed by atoms with Crippen molar-refractivity contribution in [1.29, 1.82) is 0 Å². The van der Waals surface area contributed by atoms with Crippen LogP contribution in [0, 0.1) is 20.2 Å². The van der Waals surface area contributed by atoms with Crippen LogP contribution in [0.1, 0.15) is 0 Å². The van der Waals surface area contributed by atoms with Crippen LogP contribution in [0.25, 0.3) is 44.6 Å². The fraction of sp³-hybridized carbons (Fsp3) is 0.0645. The van der Waals surface area contributed by atoms with Crippen LogP contribution in [0.4, 0.5) is 22.7 Å². The Hall–Kier alpha value is -6.27. The zero-order valence-electron chi connectivity index (χ0n) is 24.8. The van der Waals surface area contributed by atoms with E-state index in [-0.39, 0.29) is 34.7 Å². The van der Waals surface area contributed by atoms with Crippen molar-refractivity contribution in [1.82, 2.24) is 24.9 Å². The maximum Gasteiger partial charge on any atom is 0.271 e. The van der Waals surface area contributed by atoms with Gasteiger partial charge in [0.1, 0.15) is 5.52 Å². The third-order valence-corrected chi connectivity index (χ3v) is 8.82. The number of imidazole rings is 2. The van der Waals surface area contributed by atoms with Gasteiger partial charge in [0.2, 0.25) is 17.7 Å². The predicted molar refractivity (Wildman–Crippen MR) is 184 cm³/mol. The minimum Gasteiger partial charge on any atom is -0.436 e. The highest BCUT2D eigenvalue weighted by Gasteiger charge is 2.15. The van der Waals surface area contributed by atoms with Gasteiger partial charge in [-0.05, 0) is 54.6 Å². The van der Waals surface area contributed by atoms with Crippen molar-refractivity contribution in [3.8, 4) is 11.5 Å². The smallest absolute Gasteiger partial charge is 0.271 e. The fourth-order valence-corrected chi connectivity index (χ4v) is 6.17. The second-order valence-electron chi connectivity index (χ2n) is 10.5. The molecule has 0 spiro atoms. The molecule has 0 atom stereocenters. The Morgan fingerprint density at radius 2 is 1.20 bits per heavy atom. The minimum atomic E-state index is -0.483. The van der Waals surface area contributed by atoms with Gasteiger partial charge in [0.25, 0.3) is 11.4 Å². The Bertz CT molecular complexity index is 2420. The van der Waals surface area contributed by atoms with Crippen molar-refractivity contribution in [2.24, 2.45) is 0 Å². The molecule has 0 saturated carbocycles. The maximum absolute atomic E-state index is 12.6. The van der Waals surface area contributed by atoms with Gasteiger partial charge in [-0.2, -0.15) is 0 Å². The molecule has 16 nitrogen and oxygen atoms in total. The molecule has 0 radical (unpaired) electrons. The number of oxazole rings is 1. The second-order valence-corrected chi connectivity index (χ2v) is 12.4. The van der Waals surface area contributed by atoms with Crippen LogP contribution in [-0.2, 0) is 9.59 Å². The summed E-state index contributed by atoms with van der Waals surface area (Å²) in [5.74, 6) is -0.0582. The zero-order chi connectivity index (χ0) is 34.1. The molecule has 0 bridgehead atoms. The number of amides is 2. The van der Waals surface area contributed by atoms with Crippen LogP contribution < -0.4 is 10.6 Å². The molecule has 4 N–H and O–H groups in total. The highest BCUT2D eigenvalue weighted by molar-refractivity contribution is 8.00. The lowest BCUT2D eigenvalue weighted by Gasteiger charge is -2.05. The number of anilines is 2. The monoisotopic (exact) mass is 695 g/mol. The van der Waals surface area contributed by atoms with E-state index in [0.29, 0.717) is 66.3 Å². The molecule has 7 aromatic rings. The number of fused-ring (bicyclic) bond motifs is 3. The van der Waals surface area contributed by atoms with E-state index < -0.39 is 9.85 Å². The van der Waals surface area contributed by atoms with Crippen molar-refractivity contribution in [2.45, 2.75) is 10.3 Å². The molecule has 49 heavy (non-hydrogen) atoms. The fourth-order valence-electron chi connectivity index (χ4n) is 4.80. The lowest BCUT2D eigenvalue weighted by molar-refractivity contribution is -0.384. The molecule has 0 aliphatic rings. The van der Waals surface area contributed by atoms with Crippen molar-refractivity contribution in [3.05, 3.63) is 99.1 Å². The average Bonchev–Trinajstić information content (AvgIpc) is 3.82. The first-order chi connectivity index (χ1) is 23.7. The molecule has 0 fully saturated rings. The van der Waals surface area contributed by atoms with Crippen LogP contribution in [0.15, 0.2) is 93.6 Å². The summed E-state index contributed by atoms with van der Waals surface area (Å²) in [5.41, 5.74) is 4.89. The lowest BCUT2D eigenvalue weighted by Crippen LogP contribution is -2.14. The normalized spacial score (nSPS) is 11.3. The molecule has 7 rings (SSSR count). The summed E-state index contributed by atoms with van der Waals surface area (Å²) in [4.78, 5) is 65.5. The Labute approximate surface area is 282 Å². The van der Waals surface area contributed by atoms with Crippen LogP contribution in [0.2, 0.25) is 0 Å². The molecule has 2 amide bonds. The topological polar surface area (TPSA) is 228 Å². The number of H-pyrrole nitrogens is 2. The molecule has 3 heterocycles. The number of aromatic nitrogens is 5. The third-order valence-electron chi connectivity index (χ3n) is 7.08. The number of nitrogens with one attached hydrogen (secondary N) is 4. The standard InChI is InChI=1S/C31H21N9O7S2/c41-27(14-48-30-35-21-8-6-19(39(43)44)12-23(21)37-30)32-17-3-1-16(2-4-17)29-34-25-11-18(5-10-26(25)47-29)33-28(42)15-49-31-36-22-9-7-20(40(45)46)13-24(22)38-31/h1-13H,14-15H2,(H,32,41)(H,33,42)(H,35,37)(H,36,38). The van der Waals surface area contributed by atoms with E-state index in [1.54, 1.807) is 54.6 Å². The van der Waals surface area contributed by atoms with E-state index >= 15 is 0 Å². The number of non-ortho nitro benzene ring substituents is 2. The molecule has 4 aromatic carbocycles. The van der Waals surface area contributed by atoms with Crippen molar-refractivity contribution in [3.63, 3.8) is 0 Å². The third kappa shape index (κ3) is 7.04. The van der Waals surface area contributed by atoms with E-state index in [1.165, 1.54) is 47.8 Å². The van der Waals surface area contributed by atoms with Crippen molar-refractivity contribution >= 4 is 91.3 Å². The Morgan fingerprint density at radius 1 is 0.673 bits per heavy atom. The SMILES string of the molecule is O=C(CSc1nc2ccc([N+](=O)[O-])cc2[nH]1)Nc1ccc(-c2nc3cc(NC(=O)CSc4nc5ccc([N+](=O)[O-])cc5[nH]4)ccc3o2)cc1. The van der Waals surface area contributed by atoms with E-state index in [9.17, 15) is 29.8 Å². The van der Waals surface area contributed by atoms with Crippen molar-refractivity contribution in [2.75, 3.05) is 22.1 Å². The molecule has 0 unspecified atom stereocenters. The van der Waals surface area contributed by atoms with Gasteiger partial charge in [0.05, 0.1) is 43.4 Å². The number of hydrogen-bond acceptors (Lipinski definition) is 12. The van der Waals surface area contributed by atoms with E-state index in [4.69, 9.17) is 4.42 Å². The number of aromatic amines is 2. The van der Waals surface area contributed by atoms with Gasteiger partial charge in [-0.3, -0.25) is 29.8 Å². The van der Waals surface area contributed by atoms with Gasteiger partial charge < -0.3 is 25.0 Å². The summed E-state index contributed by atoms with van der Waals surface area (Å²) in [5, 5.41) is 28.6. The van der Waals surface area contributed by atoms with Crippen LogP contribution in [-0.4, -0.2) is 58.1 Å². The van der Waals surface area contributed by atoms with Gasteiger partial charge in [-0.1, -0.05) is 23.5 Å². The number of rotatable bonds is 11. The number of thioether (sulfide) groups is 2. The Kier molecular flexibility index (Phi) is 8.37. The summed E-state index contributed by atoms with van der Waals surface area (Å²) in [6.07, 6.45) is 0. The first kappa shape index (κ1) is 31.3.